The molecule has 4 heterocycles. The number of nitrogens with zero attached hydrogens (tertiary/aromatic N) is 6. The molecule has 4 aromatic rings. The van der Waals surface area contributed by atoms with Crippen LogP contribution in [0.4, 0.5) is 5.95 Å². The van der Waals surface area contributed by atoms with E-state index in [-0.39, 0.29) is 40.1 Å². The number of fused-ring (bicyclic) bond motifs is 2. The van der Waals surface area contributed by atoms with E-state index in [1.54, 1.807) is 29.0 Å². The second kappa shape index (κ2) is 13.4. The Hall–Kier alpha value is -4.59. The van der Waals surface area contributed by atoms with Gasteiger partial charge in [-0.1, -0.05) is 20.8 Å². The fourth-order valence-corrected chi connectivity index (χ4v) is 7.04. The van der Waals surface area contributed by atoms with Gasteiger partial charge in [0.15, 0.2) is 17.4 Å². The SMILES string of the molecule is COC(=O)[C@H](C)NP(=O)(OC[C@H]1OC(n2cnc3c(OC)nc(N)nc32)[C@](C)(C#N)[C@@H]1O)Oc1ccc2c(ccn2C(=O)CC(C)(C)C)c1. The summed E-state index contributed by atoms with van der Waals surface area (Å²) < 4.78 is 45.0. The number of aromatic nitrogens is 5. The van der Waals surface area contributed by atoms with Gasteiger partial charge in [-0.3, -0.25) is 23.2 Å². The summed E-state index contributed by atoms with van der Waals surface area (Å²) in [5.74, 6) is -0.734. The number of aliphatic hydroxyl groups is 1. The fourth-order valence-electron chi connectivity index (χ4n) is 5.54. The predicted octanol–water partition coefficient (Wildman–Crippen LogP) is 3.59. The van der Waals surface area contributed by atoms with E-state index in [0.29, 0.717) is 17.3 Å². The Balaban J connectivity index is 1.41. The number of nitrogens with one attached hydrogen (secondary N) is 1. The number of aliphatic hydroxyl groups excluding tert-OH is 1. The highest BCUT2D eigenvalue weighted by atomic mass is 31.2. The summed E-state index contributed by atoms with van der Waals surface area (Å²) in [7, 11) is -1.86. The predicted molar refractivity (Wildman–Crippen MR) is 175 cm³/mol. The van der Waals surface area contributed by atoms with Gasteiger partial charge < -0.3 is 29.6 Å². The molecular weight excluding hydrogens is 659 g/mol. The number of esters is 1. The third-order valence-electron chi connectivity index (χ3n) is 8.03. The molecule has 4 N–H and O–H groups in total. The highest BCUT2D eigenvalue weighted by molar-refractivity contribution is 7.52. The van der Waals surface area contributed by atoms with Crippen molar-refractivity contribution < 1.29 is 42.5 Å². The normalized spacial score (nSPS) is 22.8. The number of nitriles is 1. The first-order chi connectivity index (χ1) is 23.0. The van der Waals surface area contributed by atoms with Crippen LogP contribution in [-0.4, -0.2) is 80.1 Å². The van der Waals surface area contributed by atoms with Crippen molar-refractivity contribution in [3.8, 4) is 17.7 Å². The molecule has 1 aliphatic rings. The quantitative estimate of drug-likeness (QED) is 0.150. The summed E-state index contributed by atoms with van der Waals surface area (Å²) in [6.45, 7) is 8.27. The number of imidazole rings is 1. The summed E-state index contributed by atoms with van der Waals surface area (Å²) in [6, 6.07) is 7.43. The van der Waals surface area contributed by atoms with E-state index in [1.807, 2.05) is 20.8 Å². The van der Waals surface area contributed by atoms with Gasteiger partial charge in [0.2, 0.25) is 17.7 Å². The zero-order chi connectivity index (χ0) is 35.9. The highest BCUT2D eigenvalue weighted by Crippen LogP contribution is 2.50. The van der Waals surface area contributed by atoms with Crippen LogP contribution >= 0.6 is 7.75 Å². The Labute approximate surface area is 281 Å². The third-order valence-corrected chi connectivity index (χ3v) is 9.67. The first-order valence-corrected chi connectivity index (χ1v) is 16.8. The Kier molecular flexibility index (Phi) is 9.75. The summed E-state index contributed by atoms with van der Waals surface area (Å²) in [6.07, 6.45) is -0.510. The first-order valence-electron chi connectivity index (χ1n) is 15.3. The number of methoxy groups -OCH3 is 2. The minimum atomic E-state index is -4.42. The largest absolute Gasteiger partial charge is 0.479 e. The van der Waals surface area contributed by atoms with Gasteiger partial charge in [-0.2, -0.15) is 20.3 Å². The lowest BCUT2D eigenvalue weighted by atomic mass is 9.84. The molecule has 0 saturated carbocycles. The van der Waals surface area contributed by atoms with Gasteiger partial charge in [0.1, 0.15) is 29.4 Å². The molecule has 0 aliphatic carbocycles. The van der Waals surface area contributed by atoms with Crippen molar-refractivity contribution in [3.63, 3.8) is 0 Å². The number of anilines is 1. The average molecular weight is 699 g/mol. The number of nitrogen functional groups attached to an aromatic ring is 1. The Morgan fingerprint density at radius 2 is 2.00 bits per heavy atom. The van der Waals surface area contributed by atoms with Crippen LogP contribution in [0.15, 0.2) is 36.8 Å². The average Bonchev–Trinajstić information content (AvgIpc) is 3.72. The standard InChI is InChI=1S/C31H39N8O9P/c1-17(27(42)45-7)37-49(43,48-19-8-9-20-18(12-19)10-11-38(20)22(40)13-30(2,3)4)46-14-21-24(41)31(5,15-32)28(47-21)39-16-34-23-25(39)35-29(33)36-26(23)44-6/h8-12,16-17,21,24,28,41H,13-14H2,1-7H3,(H,37,43)(H2,33,35,36)/t17-,21+,24+,28?,31+,49?/m0/s1. The Bertz CT molecular complexity index is 1980. The monoisotopic (exact) mass is 698 g/mol. The van der Waals surface area contributed by atoms with Crippen LogP contribution in [0.1, 0.15) is 52.1 Å². The molecule has 1 fully saturated rings. The molecule has 2 unspecified atom stereocenters. The van der Waals surface area contributed by atoms with E-state index in [9.17, 15) is 24.5 Å². The van der Waals surface area contributed by atoms with Gasteiger partial charge in [0, 0.05) is 18.0 Å². The van der Waals surface area contributed by atoms with Crippen LogP contribution in [0, 0.1) is 22.2 Å². The second-order valence-corrected chi connectivity index (χ2v) is 14.8. The smallest absolute Gasteiger partial charge is 0.459 e. The van der Waals surface area contributed by atoms with E-state index in [4.69, 9.17) is 29.0 Å². The molecular formula is C31H39N8O9P. The molecule has 0 radical (unpaired) electrons. The molecule has 3 aromatic heterocycles. The van der Waals surface area contributed by atoms with Crippen molar-refractivity contribution in [3.05, 3.63) is 36.8 Å². The lowest BCUT2D eigenvalue weighted by Gasteiger charge is -2.26. The van der Waals surface area contributed by atoms with Crippen molar-refractivity contribution in [1.82, 2.24) is 29.2 Å². The number of carbonyl (C=O) groups is 2. The van der Waals surface area contributed by atoms with Crippen LogP contribution < -0.4 is 20.1 Å². The number of nitrogens with two attached hydrogens (primary N) is 1. The number of hydrogen-bond acceptors (Lipinski definition) is 14. The maximum Gasteiger partial charge on any atom is 0.459 e. The number of hydrogen-bond donors (Lipinski definition) is 3. The molecule has 0 amide bonds. The number of ether oxygens (including phenoxy) is 3. The maximum atomic E-state index is 14.2. The van der Waals surface area contributed by atoms with Crippen LogP contribution in [-0.2, 0) is 23.4 Å². The van der Waals surface area contributed by atoms with E-state index in [0.717, 1.165) is 0 Å². The minimum absolute atomic E-state index is 0.0877. The number of rotatable bonds is 11. The molecule has 5 rings (SSSR count). The second-order valence-electron chi connectivity index (χ2n) is 13.1. The van der Waals surface area contributed by atoms with Gasteiger partial charge >= 0.3 is 13.7 Å². The summed E-state index contributed by atoms with van der Waals surface area (Å²) in [4.78, 5) is 37.7. The summed E-state index contributed by atoms with van der Waals surface area (Å²) in [5.41, 5.74) is 5.13. The molecule has 49 heavy (non-hydrogen) atoms. The summed E-state index contributed by atoms with van der Waals surface area (Å²) >= 11 is 0. The minimum Gasteiger partial charge on any atom is -0.479 e. The highest BCUT2D eigenvalue weighted by Gasteiger charge is 2.56. The zero-order valence-corrected chi connectivity index (χ0v) is 29.0. The maximum absolute atomic E-state index is 14.2. The third kappa shape index (κ3) is 7.10. The number of benzene rings is 1. The molecule has 1 aliphatic heterocycles. The van der Waals surface area contributed by atoms with Crippen molar-refractivity contribution in [2.24, 2.45) is 10.8 Å². The van der Waals surface area contributed by atoms with Crippen molar-refractivity contribution in [1.29, 1.82) is 5.26 Å². The van der Waals surface area contributed by atoms with Gasteiger partial charge in [0.05, 0.1) is 38.7 Å². The fraction of sp³-hybridized carbons (Fsp3) is 0.484. The van der Waals surface area contributed by atoms with Gasteiger partial charge in [-0.25, -0.2) is 9.55 Å². The van der Waals surface area contributed by atoms with E-state index >= 15 is 0 Å². The first kappa shape index (κ1) is 35.7. The molecule has 1 aromatic carbocycles. The lowest BCUT2D eigenvalue weighted by Crippen LogP contribution is -2.38. The van der Waals surface area contributed by atoms with Crippen LogP contribution in [0.5, 0.6) is 11.6 Å². The van der Waals surface area contributed by atoms with Crippen LogP contribution in [0.2, 0.25) is 0 Å². The molecule has 0 spiro atoms. The van der Waals surface area contributed by atoms with Gasteiger partial charge in [0.25, 0.3) is 0 Å². The molecule has 17 nitrogen and oxygen atoms in total. The van der Waals surface area contributed by atoms with Crippen molar-refractivity contribution in [2.75, 3.05) is 26.6 Å². The van der Waals surface area contributed by atoms with E-state index in [1.165, 1.54) is 45.0 Å². The molecule has 1 saturated heterocycles. The zero-order valence-electron chi connectivity index (χ0n) is 28.1. The Morgan fingerprint density at radius 1 is 1.27 bits per heavy atom. The number of carbonyl (C=O) groups excluding carboxylic acids is 2. The lowest BCUT2D eigenvalue weighted by molar-refractivity contribution is -0.142. The molecule has 0 bridgehead atoms. The van der Waals surface area contributed by atoms with Crippen molar-refractivity contribution in [2.45, 2.75) is 65.5 Å². The van der Waals surface area contributed by atoms with E-state index in [2.05, 4.69) is 26.1 Å². The topological polar surface area (TPSA) is 228 Å². The van der Waals surface area contributed by atoms with Crippen LogP contribution in [0.3, 0.4) is 0 Å². The van der Waals surface area contributed by atoms with E-state index < -0.39 is 50.2 Å². The summed E-state index contributed by atoms with van der Waals surface area (Å²) in [5, 5.41) is 24.7. The van der Waals surface area contributed by atoms with Gasteiger partial charge in [-0.15, -0.1) is 0 Å². The Morgan fingerprint density at radius 3 is 2.65 bits per heavy atom. The van der Waals surface area contributed by atoms with Crippen molar-refractivity contribution >= 4 is 47.6 Å². The van der Waals surface area contributed by atoms with Crippen LogP contribution in [0.25, 0.3) is 22.1 Å². The van der Waals surface area contributed by atoms with Gasteiger partial charge in [-0.05, 0) is 43.5 Å². The molecule has 262 valence electrons. The molecule has 18 heteroatoms. The molecule has 6 atom stereocenters.